The summed E-state index contributed by atoms with van der Waals surface area (Å²) in [7, 11) is -3.80. The van der Waals surface area contributed by atoms with Crippen LogP contribution in [0.4, 0.5) is 0 Å². The summed E-state index contributed by atoms with van der Waals surface area (Å²) in [6.07, 6.45) is 2.53. The Morgan fingerprint density at radius 3 is 2.52 bits per heavy atom. The molecule has 2 aromatic rings. The highest BCUT2D eigenvalue weighted by atomic mass is 32.2. The number of nitrogens with one attached hydrogen (secondary N) is 1. The highest BCUT2D eigenvalue weighted by Gasteiger charge is 2.13. The molecule has 0 aliphatic rings. The van der Waals surface area contributed by atoms with Gasteiger partial charge in [0.25, 0.3) is 10.0 Å². The third kappa shape index (κ3) is 3.85. The lowest BCUT2D eigenvalue weighted by atomic mass is 10.1. The third-order valence-corrected chi connectivity index (χ3v) is 4.46. The van der Waals surface area contributed by atoms with Gasteiger partial charge in [-0.2, -0.15) is 13.5 Å². The van der Waals surface area contributed by atoms with Crippen LogP contribution in [0.2, 0.25) is 0 Å². The number of benzene rings is 1. The first kappa shape index (κ1) is 16.9. The van der Waals surface area contributed by atoms with Crippen LogP contribution >= 0.6 is 0 Å². The van der Waals surface area contributed by atoms with Crippen LogP contribution in [0.15, 0.2) is 40.5 Å². The van der Waals surface area contributed by atoms with Crippen molar-refractivity contribution in [2.45, 2.75) is 25.3 Å². The van der Waals surface area contributed by atoms with E-state index in [1.54, 1.807) is 19.1 Å². The summed E-state index contributed by atoms with van der Waals surface area (Å²) >= 11 is 0. The molecule has 3 N–H and O–H groups in total. The van der Waals surface area contributed by atoms with Gasteiger partial charge in [0, 0.05) is 17.3 Å². The molecule has 23 heavy (non-hydrogen) atoms. The van der Waals surface area contributed by atoms with Crippen molar-refractivity contribution in [2.75, 3.05) is 0 Å². The van der Waals surface area contributed by atoms with Crippen LogP contribution in [0.25, 0.3) is 0 Å². The lowest BCUT2D eigenvalue weighted by Gasteiger charge is -2.07. The number of sulfonamides is 1. The van der Waals surface area contributed by atoms with Gasteiger partial charge in [-0.25, -0.2) is 4.83 Å². The van der Waals surface area contributed by atoms with Crippen LogP contribution in [0.1, 0.15) is 22.4 Å². The summed E-state index contributed by atoms with van der Waals surface area (Å²) in [4.78, 5) is 6.06. The highest BCUT2D eigenvalue weighted by molar-refractivity contribution is 7.89. The Hall–Kier alpha value is -2.45. The highest BCUT2D eigenvalue weighted by Crippen LogP contribution is 2.21. The summed E-state index contributed by atoms with van der Waals surface area (Å²) < 4.78 is 24.2. The molecule has 0 aliphatic heterocycles. The number of aromatic hydroxyl groups is 1. The average Bonchev–Trinajstić information content (AvgIpc) is 2.52. The van der Waals surface area contributed by atoms with Gasteiger partial charge < -0.3 is 10.2 Å². The Morgan fingerprint density at radius 1 is 1.26 bits per heavy atom. The fourth-order valence-electron chi connectivity index (χ4n) is 1.85. The van der Waals surface area contributed by atoms with Crippen molar-refractivity contribution < 1.29 is 18.6 Å². The smallest absolute Gasteiger partial charge is 0.276 e. The van der Waals surface area contributed by atoms with Gasteiger partial charge in [0.2, 0.25) is 0 Å². The zero-order valence-corrected chi connectivity index (χ0v) is 13.5. The Morgan fingerprint density at radius 2 is 1.91 bits per heavy atom. The molecule has 0 amide bonds. The van der Waals surface area contributed by atoms with E-state index in [0.29, 0.717) is 11.3 Å². The van der Waals surface area contributed by atoms with Crippen LogP contribution in [0.5, 0.6) is 5.75 Å². The van der Waals surface area contributed by atoms with Crippen molar-refractivity contribution in [3.8, 4) is 5.75 Å². The molecule has 1 aromatic heterocycles. The van der Waals surface area contributed by atoms with Gasteiger partial charge in [-0.1, -0.05) is 17.7 Å². The van der Waals surface area contributed by atoms with Crippen molar-refractivity contribution in [3.63, 3.8) is 0 Å². The lowest BCUT2D eigenvalue weighted by Crippen LogP contribution is -2.18. The van der Waals surface area contributed by atoms with Crippen LogP contribution in [-0.2, 0) is 16.6 Å². The number of hydrogen-bond donors (Lipinski definition) is 3. The van der Waals surface area contributed by atoms with E-state index in [1.807, 2.05) is 6.92 Å². The Bertz CT molecular complexity index is 831. The molecule has 1 aromatic carbocycles. The van der Waals surface area contributed by atoms with Gasteiger partial charge in [-0.05, 0) is 26.0 Å². The van der Waals surface area contributed by atoms with E-state index in [4.69, 9.17) is 0 Å². The van der Waals surface area contributed by atoms with Crippen molar-refractivity contribution in [2.24, 2.45) is 5.10 Å². The van der Waals surface area contributed by atoms with Crippen LogP contribution < -0.4 is 4.83 Å². The Labute approximate surface area is 134 Å². The standard InChI is InChI=1S/C15H17N3O4S/c1-10-3-5-13(6-4-10)23(21,22)18-17-8-14-12(9-19)7-16-11(2)15(14)20/h3-8,18-20H,9H2,1-2H3. The molecule has 0 aliphatic carbocycles. The molecular formula is C15H17N3O4S. The van der Waals surface area contributed by atoms with Crippen molar-refractivity contribution >= 4 is 16.2 Å². The fourth-order valence-corrected chi connectivity index (χ4v) is 2.64. The molecule has 0 radical (unpaired) electrons. The van der Waals surface area contributed by atoms with Crippen LogP contribution in [0.3, 0.4) is 0 Å². The maximum absolute atomic E-state index is 12.1. The summed E-state index contributed by atoms with van der Waals surface area (Å²) in [5.41, 5.74) is 1.85. The number of hydrazone groups is 1. The number of aryl methyl sites for hydroxylation is 2. The van der Waals surface area contributed by atoms with Gasteiger partial charge in [-0.3, -0.25) is 4.98 Å². The Kier molecular flexibility index (Phi) is 4.97. The monoisotopic (exact) mass is 335 g/mol. The second kappa shape index (κ2) is 6.76. The van der Waals surface area contributed by atoms with Gasteiger partial charge in [0.15, 0.2) is 0 Å². The van der Waals surface area contributed by atoms with Gasteiger partial charge in [0.05, 0.1) is 23.4 Å². The first-order chi connectivity index (χ1) is 10.8. The average molecular weight is 335 g/mol. The summed E-state index contributed by atoms with van der Waals surface area (Å²) in [5.74, 6) is -0.158. The van der Waals surface area contributed by atoms with Gasteiger partial charge in [-0.15, -0.1) is 0 Å². The SMILES string of the molecule is Cc1ccc(S(=O)(=O)NN=Cc2c(CO)cnc(C)c2O)cc1. The van der Waals surface area contributed by atoms with Crippen LogP contribution in [0, 0.1) is 13.8 Å². The predicted molar refractivity (Wildman–Crippen MR) is 85.7 cm³/mol. The normalized spacial score (nSPS) is 11.8. The predicted octanol–water partition coefficient (Wildman–Crippen LogP) is 1.21. The zero-order chi connectivity index (χ0) is 17.0. The second-order valence-electron chi connectivity index (χ2n) is 4.96. The molecule has 2 rings (SSSR count). The molecule has 0 saturated carbocycles. The van der Waals surface area contributed by atoms with Gasteiger partial charge >= 0.3 is 0 Å². The lowest BCUT2D eigenvalue weighted by molar-refractivity contribution is 0.280. The first-order valence-electron chi connectivity index (χ1n) is 6.75. The third-order valence-electron chi connectivity index (χ3n) is 3.23. The van der Waals surface area contributed by atoms with E-state index >= 15 is 0 Å². The molecule has 0 spiro atoms. The van der Waals surface area contributed by atoms with Crippen molar-refractivity contribution in [1.29, 1.82) is 0 Å². The largest absolute Gasteiger partial charge is 0.505 e. The minimum absolute atomic E-state index is 0.0813. The maximum Gasteiger partial charge on any atom is 0.276 e. The summed E-state index contributed by atoms with van der Waals surface area (Å²) in [5, 5.41) is 22.9. The molecule has 8 heteroatoms. The molecule has 0 unspecified atom stereocenters. The second-order valence-corrected chi connectivity index (χ2v) is 6.62. The number of pyridine rings is 1. The van der Waals surface area contributed by atoms with Crippen molar-refractivity contribution in [3.05, 3.63) is 52.8 Å². The molecule has 0 fully saturated rings. The zero-order valence-electron chi connectivity index (χ0n) is 12.7. The fraction of sp³-hybridized carbons (Fsp3) is 0.200. The summed E-state index contributed by atoms with van der Waals surface area (Å²) in [6.45, 7) is 3.09. The number of aliphatic hydroxyl groups excluding tert-OH is 1. The van der Waals surface area contributed by atoms with Crippen LogP contribution in [-0.4, -0.2) is 29.8 Å². The van der Waals surface area contributed by atoms with E-state index < -0.39 is 10.0 Å². The van der Waals surface area contributed by atoms with E-state index in [9.17, 15) is 18.6 Å². The minimum atomic E-state index is -3.80. The number of aliphatic hydroxyl groups is 1. The van der Waals surface area contributed by atoms with Crippen molar-refractivity contribution in [1.82, 2.24) is 9.82 Å². The number of nitrogens with zero attached hydrogens (tertiary/aromatic N) is 2. The summed E-state index contributed by atoms with van der Waals surface area (Å²) in [6, 6.07) is 6.31. The number of hydrogen-bond acceptors (Lipinski definition) is 6. The van der Waals surface area contributed by atoms with Gasteiger partial charge in [0.1, 0.15) is 5.75 Å². The topological polar surface area (TPSA) is 112 Å². The molecule has 0 bridgehead atoms. The first-order valence-corrected chi connectivity index (χ1v) is 8.23. The Balaban J connectivity index is 2.25. The number of rotatable bonds is 5. The molecule has 0 atom stereocenters. The maximum atomic E-state index is 12.1. The van der Waals surface area contributed by atoms with E-state index in [1.165, 1.54) is 18.3 Å². The molecule has 7 nitrogen and oxygen atoms in total. The minimum Gasteiger partial charge on any atom is -0.505 e. The van der Waals surface area contributed by atoms with E-state index in [0.717, 1.165) is 11.8 Å². The van der Waals surface area contributed by atoms with E-state index in [-0.39, 0.29) is 22.8 Å². The molecule has 0 saturated heterocycles. The number of aromatic nitrogens is 1. The molecular weight excluding hydrogens is 318 g/mol. The molecule has 1 heterocycles. The van der Waals surface area contributed by atoms with E-state index in [2.05, 4.69) is 14.9 Å². The molecule has 122 valence electrons. The quantitative estimate of drug-likeness (QED) is 0.562.